The van der Waals surface area contributed by atoms with E-state index < -0.39 is 12.1 Å². The fourth-order valence-corrected chi connectivity index (χ4v) is 5.58. The number of anilines is 2. The number of ether oxygens (including phenoxy) is 1. The van der Waals surface area contributed by atoms with Gasteiger partial charge >= 0.3 is 6.09 Å². The summed E-state index contributed by atoms with van der Waals surface area (Å²) in [6.45, 7) is 4.42. The van der Waals surface area contributed by atoms with Crippen LogP contribution in [0.5, 0.6) is 0 Å². The molecule has 0 spiro atoms. The first-order chi connectivity index (χ1) is 20.9. The molecule has 0 unspecified atom stereocenters. The van der Waals surface area contributed by atoms with E-state index in [1.807, 2.05) is 85.6 Å². The lowest BCUT2D eigenvalue weighted by molar-refractivity contribution is -0.135. The average Bonchev–Trinajstić information content (AvgIpc) is 3.77. The molecule has 1 fully saturated rings. The van der Waals surface area contributed by atoms with Gasteiger partial charge < -0.3 is 30.2 Å². The monoisotopic (exact) mass is 574 g/mol. The summed E-state index contributed by atoms with van der Waals surface area (Å²) in [6.07, 6.45) is 3.01. The molecule has 0 aliphatic carbocycles. The maximum Gasteiger partial charge on any atom is 0.407 e. The van der Waals surface area contributed by atoms with E-state index in [1.54, 1.807) is 0 Å². The molecule has 1 saturated heterocycles. The van der Waals surface area contributed by atoms with Crippen molar-refractivity contribution in [3.63, 3.8) is 0 Å². The first-order valence-corrected chi connectivity index (χ1v) is 14.5. The van der Waals surface area contributed by atoms with Gasteiger partial charge in [-0.3, -0.25) is 4.79 Å². The second-order valence-corrected chi connectivity index (χ2v) is 11.1. The third-order valence-electron chi connectivity index (χ3n) is 7.83. The zero-order chi connectivity index (χ0) is 29.9. The molecule has 3 aromatic carbocycles. The highest BCUT2D eigenvalue weighted by atomic mass is 16.5. The number of aromatic amines is 2. The molecule has 9 heteroatoms. The van der Waals surface area contributed by atoms with Crippen molar-refractivity contribution in [1.82, 2.24) is 25.2 Å². The number of alkyl carbamates (subject to hydrolysis) is 1. The van der Waals surface area contributed by atoms with Crippen LogP contribution in [0.4, 0.5) is 16.2 Å². The van der Waals surface area contributed by atoms with Crippen LogP contribution in [0.2, 0.25) is 0 Å². The van der Waals surface area contributed by atoms with Crippen molar-refractivity contribution in [3.05, 3.63) is 89.9 Å². The van der Waals surface area contributed by atoms with Crippen LogP contribution in [0.15, 0.2) is 72.9 Å². The van der Waals surface area contributed by atoms with Gasteiger partial charge in [-0.15, -0.1) is 0 Å². The Bertz CT molecular complexity index is 1850. The van der Waals surface area contributed by atoms with Gasteiger partial charge in [-0.25, -0.2) is 9.78 Å². The summed E-state index contributed by atoms with van der Waals surface area (Å²) in [6, 6.07) is 21.3. The number of methoxy groups -OCH3 is 1. The Morgan fingerprint density at radius 2 is 1.79 bits per heavy atom. The molecule has 43 heavy (non-hydrogen) atoms. The fourth-order valence-electron chi connectivity index (χ4n) is 5.58. The average molecular weight is 575 g/mol. The molecular formula is C34H34N6O3. The van der Waals surface area contributed by atoms with Gasteiger partial charge in [-0.2, -0.15) is 0 Å². The summed E-state index contributed by atoms with van der Waals surface area (Å²) in [4.78, 5) is 38.7. The van der Waals surface area contributed by atoms with Crippen molar-refractivity contribution in [1.29, 1.82) is 0 Å². The Morgan fingerprint density at radius 1 is 1.02 bits per heavy atom. The summed E-state index contributed by atoms with van der Waals surface area (Å²) in [5, 5.41) is 7.23. The number of benzene rings is 3. The zero-order valence-corrected chi connectivity index (χ0v) is 24.4. The van der Waals surface area contributed by atoms with E-state index in [9.17, 15) is 9.59 Å². The molecule has 9 nitrogen and oxygen atoms in total. The minimum atomic E-state index is -0.671. The van der Waals surface area contributed by atoms with E-state index in [0.717, 1.165) is 63.1 Å². The van der Waals surface area contributed by atoms with E-state index in [1.165, 1.54) is 7.11 Å². The number of nitrogens with one attached hydrogen (secondary N) is 4. The van der Waals surface area contributed by atoms with E-state index in [-0.39, 0.29) is 17.9 Å². The summed E-state index contributed by atoms with van der Waals surface area (Å²) >= 11 is 0. The van der Waals surface area contributed by atoms with Gasteiger partial charge in [-0.05, 0) is 67.3 Å². The van der Waals surface area contributed by atoms with Crippen molar-refractivity contribution in [2.75, 3.05) is 19.0 Å². The largest absolute Gasteiger partial charge is 0.453 e. The third-order valence-corrected chi connectivity index (χ3v) is 7.83. The predicted octanol–water partition coefficient (Wildman–Crippen LogP) is 6.23. The Morgan fingerprint density at radius 3 is 2.56 bits per heavy atom. The molecule has 0 bridgehead atoms. The summed E-state index contributed by atoms with van der Waals surface area (Å²) < 4.78 is 4.74. The normalized spacial score (nSPS) is 15.3. The highest BCUT2D eigenvalue weighted by Gasteiger charge is 2.37. The molecule has 0 saturated carbocycles. The van der Waals surface area contributed by atoms with Crippen LogP contribution in [0.3, 0.4) is 0 Å². The van der Waals surface area contributed by atoms with E-state index >= 15 is 0 Å². The maximum absolute atomic E-state index is 13.5. The van der Waals surface area contributed by atoms with Crippen LogP contribution in [0.25, 0.3) is 21.9 Å². The molecule has 5 aromatic rings. The van der Waals surface area contributed by atoms with E-state index in [2.05, 4.69) is 38.5 Å². The Balaban J connectivity index is 1.22. The molecular weight excluding hydrogens is 540 g/mol. The molecule has 2 aromatic heterocycles. The van der Waals surface area contributed by atoms with Gasteiger partial charge in [0.05, 0.1) is 29.9 Å². The fraction of sp³-hybridized carbons (Fsp3) is 0.265. The predicted molar refractivity (Wildman–Crippen MR) is 168 cm³/mol. The second-order valence-electron chi connectivity index (χ2n) is 11.1. The van der Waals surface area contributed by atoms with Crippen molar-refractivity contribution in [2.45, 2.75) is 38.8 Å². The molecule has 6 rings (SSSR count). The van der Waals surface area contributed by atoms with Crippen LogP contribution >= 0.6 is 0 Å². The highest BCUT2D eigenvalue weighted by Crippen LogP contribution is 2.33. The Kier molecular flexibility index (Phi) is 7.75. The van der Waals surface area contributed by atoms with Gasteiger partial charge in [0.1, 0.15) is 11.9 Å². The second kappa shape index (κ2) is 11.9. The van der Waals surface area contributed by atoms with Crippen molar-refractivity contribution in [3.8, 4) is 11.8 Å². The molecule has 2 amide bonds. The van der Waals surface area contributed by atoms with Gasteiger partial charge in [0.2, 0.25) is 5.91 Å². The number of nitrogens with zero attached hydrogens (tertiary/aromatic N) is 2. The van der Waals surface area contributed by atoms with Crippen LogP contribution in [-0.4, -0.2) is 51.5 Å². The number of carbonyl (C=O) groups excluding carboxylic acids is 2. The number of likely N-dealkylation sites (tertiary alicyclic amines) is 1. The lowest BCUT2D eigenvalue weighted by Crippen LogP contribution is -2.51. The van der Waals surface area contributed by atoms with E-state index in [4.69, 9.17) is 9.72 Å². The quantitative estimate of drug-likeness (QED) is 0.180. The first kappa shape index (κ1) is 27.9. The number of rotatable bonds is 6. The number of carbonyl (C=O) groups is 2. The molecule has 218 valence electrons. The van der Waals surface area contributed by atoms with Crippen molar-refractivity contribution in [2.24, 2.45) is 5.92 Å². The summed E-state index contributed by atoms with van der Waals surface area (Å²) in [5.41, 5.74) is 6.51. The standard InChI is InChI=1S/C34H34N6O3/c1-21(2)31(39-34(42)43-3)33(41)40-17-7-10-30(40)32-37-27-16-14-23(19-28(27)38-32)12-11-22-13-15-26-25(18-22)29(20-35-26)36-24-8-5-4-6-9-24/h4-6,8-9,13-16,18-21,30-31,35-36H,7,10,17H2,1-3H3,(H,37,38)(H,39,42)/t30-,31-/m0/s1. The van der Waals surface area contributed by atoms with E-state index in [0.29, 0.717) is 6.54 Å². The SMILES string of the molecule is COC(=O)N[C@H](C(=O)N1CCC[C@H]1c1nc2ccc(C#Cc3ccc4[nH]cc(Nc5ccccc5)c4c3)cc2[nH]1)C(C)C. The van der Waals surface area contributed by atoms with Crippen LogP contribution in [-0.2, 0) is 9.53 Å². The molecule has 1 aliphatic rings. The number of hydrogen-bond acceptors (Lipinski definition) is 5. The number of H-pyrrole nitrogens is 2. The Labute approximate surface area is 250 Å². The molecule has 2 atom stereocenters. The van der Waals surface area contributed by atoms with Gasteiger partial charge in [0, 0.05) is 40.5 Å². The van der Waals surface area contributed by atoms with Gasteiger partial charge in [0.15, 0.2) is 0 Å². The molecule has 0 radical (unpaired) electrons. The topological polar surface area (TPSA) is 115 Å². The summed E-state index contributed by atoms with van der Waals surface area (Å²) in [7, 11) is 1.30. The lowest BCUT2D eigenvalue weighted by Gasteiger charge is -2.29. The zero-order valence-electron chi connectivity index (χ0n) is 24.4. The van der Waals surface area contributed by atoms with Crippen molar-refractivity contribution < 1.29 is 14.3 Å². The number of imidazole rings is 1. The van der Waals surface area contributed by atoms with Crippen LogP contribution < -0.4 is 10.6 Å². The van der Waals surface area contributed by atoms with Crippen LogP contribution in [0.1, 0.15) is 49.7 Å². The molecule has 3 heterocycles. The Hall–Kier alpha value is -5.23. The molecule has 4 N–H and O–H groups in total. The van der Waals surface area contributed by atoms with Crippen molar-refractivity contribution >= 4 is 45.3 Å². The highest BCUT2D eigenvalue weighted by molar-refractivity contribution is 5.95. The number of para-hydroxylation sites is 1. The smallest absolute Gasteiger partial charge is 0.407 e. The minimum absolute atomic E-state index is 0.0886. The number of hydrogen-bond donors (Lipinski definition) is 4. The first-order valence-electron chi connectivity index (χ1n) is 14.5. The van der Waals surface area contributed by atoms with Gasteiger partial charge in [0.25, 0.3) is 0 Å². The maximum atomic E-state index is 13.5. The minimum Gasteiger partial charge on any atom is -0.453 e. The number of fused-ring (bicyclic) bond motifs is 2. The summed E-state index contributed by atoms with van der Waals surface area (Å²) in [5.74, 6) is 7.12. The van der Waals surface area contributed by atoms with Gasteiger partial charge in [-0.1, -0.05) is 43.9 Å². The molecule has 1 aliphatic heterocycles. The van der Waals surface area contributed by atoms with Crippen LogP contribution in [0, 0.1) is 17.8 Å². The lowest BCUT2D eigenvalue weighted by atomic mass is 10.0. The third kappa shape index (κ3) is 5.90. The number of amides is 2. The number of aromatic nitrogens is 3.